The van der Waals surface area contributed by atoms with E-state index in [0.29, 0.717) is 41.9 Å². The molecule has 1 aliphatic rings. The molecule has 18 heteroatoms. The van der Waals surface area contributed by atoms with E-state index in [1.54, 1.807) is 40.5 Å². The highest BCUT2D eigenvalue weighted by molar-refractivity contribution is 5.94. The first-order chi connectivity index (χ1) is 31.0. The van der Waals surface area contributed by atoms with E-state index in [2.05, 4.69) is 15.0 Å². The number of amides is 2. The van der Waals surface area contributed by atoms with Crippen molar-refractivity contribution in [3.8, 4) is 23.2 Å². The van der Waals surface area contributed by atoms with Crippen molar-refractivity contribution >= 4 is 30.3 Å². The Morgan fingerprint density at radius 2 is 1.68 bits per heavy atom. The number of aromatic nitrogens is 3. The fourth-order valence-electron chi connectivity index (χ4n) is 8.02. The maximum absolute atomic E-state index is 13.9. The van der Waals surface area contributed by atoms with Crippen LogP contribution in [0.15, 0.2) is 62.0 Å². The molecule has 0 spiro atoms. The number of rotatable bonds is 15. The molecule has 0 saturated heterocycles. The molecule has 0 unspecified atom stereocenters. The Morgan fingerprint density at radius 1 is 0.985 bits per heavy atom. The number of nitrogens with two attached hydrogens (primary N) is 1. The molecule has 3 aromatic heterocycles. The summed E-state index contributed by atoms with van der Waals surface area (Å²) in [6, 6.07) is 0. The Kier molecular flexibility index (Phi) is 20.3. The minimum absolute atomic E-state index is 0.0101. The molecule has 4 heterocycles. The highest BCUT2D eigenvalue weighted by Gasteiger charge is 2.35. The number of aliphatic hydroxyl groups excluding tert-OH is 1. The number of hydrogen-bond donors (Lipinski definition) is 2. The number of cyclic esters (lactones) is 1. The number of methoxy groups -OCH3 is 3. The number of esters is 1. The third-order valence-electron chi connectivity index (χ3n) is 12.0. The average molecular weight is 910 g/mol. The van der Waals surface area contributed by atoms with Crippen LogP contribution in [0, 0.1) is 29.6 Å². The SMILES string of the molecule is CO[C@H]1CC=Cc2nc(co2)-c2nc(co2)-c2nc(co2)[C@H](OC)[C@@H](C)[C@@H](O)C[C@@H](C)C[C@H](OC(N)=O)CC(=O)O[C@@H](C[C@H](OC)[C@@H](C)CCC(=O)C(C)=C[C@H](C)C=CN(C)C=O)[C@@H]1C. The number of allylic oxidation sites excluding steroid dienone is 3. The molecule has 6 bridgehead atoms. The van der Waals surface area contributed by atoms with E-state index < -0.39 is 60.5 Å². The molecule has 4 rings (SSSR count). The second-order valence-electron chi connectivity index (χ2n) is 17.2. The lowest BCUT2D eigenvalue weighted by Crippen LogP contribution is -2.39. The lowest BCUT2D eigenvalue weighted by Gasteiger charge is -2.34. The fraction of sp³-hybridized carbons (Fsp3) is 0.596. The van der Waals surface area contributed by atoms with Crippen molar-refractivity contribution in [2.45, 2.75) is 123 Å². The van der Waals surface area contributed by atoms with Gasteiger partial charge in [0.1, 0.15) is 42.8 Å². The molecule has 18 nitrogen and oxygen atoms in total. The number of aliphatic hydroxyl groups is 1. The highest BCUT2D eigenvalue weighted by atomic mass is 16.6. The van der Waals surface area contributed by atoms with Crippen LogP contribution in [0.3, 0.4) is 0 Å². The smallest absolute Gasteiger partial charge is 0.404 e. The highest BCUT2D eigenvalue weighted by Crippen LogP contribution is 2.34. The summed E-state index contributed by atoms with van der Waals surface area (Å²) in [5, 5.41) is 11.4. The monoisotopic (exact) mass is 909 g/mol. The van der Waals surface area contributed by atoms with Crippen molar-refractivity contribution in [3.63, 3.8) is 0 Å². The van der Waals surface area contributed by atoms with Gasteiger partial charge in [0.2, 0.25) is 24.1 Å². The van der Waals surface area contributed by atoms with Crippen molar-refractivity contribution < 1.29 is 61.2 Å². The molecular weight excluding hydrogens is 843 g/mol. The molecular formula is C47H67N5O13. The summed E-state index contributed by atoms with van der Waals surface area (Å²) in [4.78, 5) is 65.2. The molecule has 0 aromatic carbocycles. The first kappa shape index (κ1) is 52.2. The largest absolute Gasteiger partial charge is 0.462 e. The van der Waals surface area contributed by atoms with Crippen molar-refractivity contribution in [2.24, 2.45) is 35.3 Å². The van der Waals surface area contributed by atoms with Crippen LogP contribution in [0.2, 0.25) is 0 Å². The quantitative estimate of drug-likeness (QED) is 0.0852. The molecule has 358 valence electrons. The van der Waals surface area contributed by atoms with Gasteiger partial charge in [0.05, 0.1) is 24.7 Å². The summed E-state index contributed by atoms with van der Waals surface area (Å²) in [7, 11) is 6.30. The number of oxazole rings is 3. The third kappa shape index (κ3) is 15.6. The van der Waals surface area contributed by atoms with E-state index in [1.807, 2.05) is 52.8 Å². The molecule has 11 atom stereocenters. The summed E-state index contributed by atoms with van der Waals surface area (Å²) in [5.74, 6) is -1.30. The molecule has 0 saturated carbocycles. The van der Waals surface area contributed by atoms with Gasteiger partial charge in [-0.05, 0) is 62.0 Å². The molecule has 2 amide bonds. The first-order valence-electron chi connectivity index (χ1n) is 22.0. The van der Waals surface area contributed by atoms with Crippen LogP contribution >= 0.6 is 0 Å². The zero-order valence-electron chi connectivity index (χ0n) is 39.2. The average Bonchev–Trinajstić information content (AvgIpc) is 4.06. The van der Waals surface area contributed by atoms with Crippen LogP contribution in [-0.4, -0.2) is 108 Å². The van der Waals surface area contributed by atoms with Gasteiger partial charge in [0, 0.05) is 59.3 Å². The van der Waals surface area contributed by atoms with Crippen LogP contribution < -0.4 is 5.73 Å². The fourth-order valence-corrected chi connectivity index (χ4v) is 8.02. The second kappa shape index (κ2) is 25.3. The number of fused-ring (bicyclic) bond motifs is 8. The lowest BCUT2D eigenvalue weighted by atomic mass is 9.86. The lowest BCUT2D eigenvalue weighted by molar-refractivity contribution is -0.160. The van der Waals surface area contributed by atoms with E-state index in [0.717, 1.165) is 0 Å². The summed E-state index contributed by atoms with van der Waals surface area (Å²) in [6.45, 7) is 11.3. The van der Waals surface area contributed by atoms with Crippen molar-refractivity contribution in [1.82, 2.24) is 19.9 Å². The minimum atomic E-state index is -1.05. The molecule has 0 fully saturated rings. The van der Waals surface area contributed by atoms with Crippen molar-refractivity contribution in [2.75, 3.05) is 28.4 Å². The van der Waals surface area contributed by atoms with Gasteiger partial charge in [-0.25, -0.2) is 19.7 Å². The number of primary amides is 1. The standard InChI is InChI=1S/C47H67N5O13/c1-27(16-17-52(7)26-53)18-30(4)37(54)15-14-29(3)40(59-9)22-41-32(6)39(58-8)12-11-13-42-49-35(24-61-42)45-51-36(25-63-45)46-50-34(23-62-46)44(60-10)31(5)38(55)20-28(2)19-33(64-47(48)57)21-43(56)65-41/h11,13,16-18,23-29,31-33,38-41,44,55H,12,14-15,19-22H2,1-10H3,(H2,48,57)/t27-,28+,29+,31+,32-,33+,38+,39+,40+,41+,44-/m1/s1. The predicted molar refractivity (Wildman–Crippen MR) is 238 cm³/mol. The zero-order valence-corrected chi connectivity index (χ0v) is 39.2. The topological polar surface area (TPSA) is 242 Å². The van der Waals surface area contributed by atoms with E-state index in [9.17, 15) is 24.3 Å². The Bertz CT molecular complexity index is 2070. The molecule has 0 radical (unpaired) electrons. The number of hydrogen-bond acceptors (Lipinski definition) is 16. The van der Waals surface area contributed by atoms with Gasteiger partial charge in [-0.15, -0.1) is 0 Å². The maximum atomic E-state index is 13.9. The summed E-state index contributed by atoms with van der Waals surface area (Å²) >= 11 is 0. The number of ketones is 1. The van der Waals surface area contributed by atoms with Crippen LogP contribution in [0.25, 0.3) is 29.2 Å². The van der Waals surface area contributed by atoms with Crippen molar-refractivity contribution in [1.29, 1.82) is 0 Å². The van der Waals surface area contributed by atoms with Gasteiger partial charge in [-0.1, -0.05) is 52.8 Å². The Balaban J connectivity index is 1.61. The molecule has 3 N–H and O–H groups in total. The number of nitrogens with zero attached hydrogens (tertiary/aromatic N) is 4. The van der Waals surface area contributed by atoms with Gasteiger partial charge >= 0.3 is 12.1 Å². The minimum Gasteiger partial charge on any atom is -0.462 e. The van der Waals surface area contributed by atoms with Gasteiger partial charge in [-0.3, -0.25) is 14.4 Å². The van der Waals surface area contributed by atoms with Crippen LogP contribution in [-0.2, 0) is 38.1 Å². The number of ether oxygens (including phenoxy) is 5. The molecule has 65 heavy (non-hydrogen) atoms. The van der Waals surface area contributed by atoms with Gasteiger partial charge in [0.25, 0.3) is 0 Å². The summed E-state index contributed by atoms with van der Waals surface area (Å²) < 4.78 is 46.6. The number of carbonyl (C=O) groups excluding carboxylic acids is 4. The summed E-state index contributed by atoms with van der Waals surface area (Å²) in [6.07, 6.45) is 10.2. The van der Waals surface area contributed by atoms with Crippen LogP contribution in [0.5, 0.6) is 0 Å². The number of carbonyl (C=O) groups is 4. The van der Waals surface area contributed by atoms with E-state index in [4.69, 9.17) is 42.7 Å². The molecule has 1 aliphatic heterocycles. The number of Topliss-reactive ketones (excluding diaryl/α,β-unsaturated/α-hetero) is 1. The van der Waals surface area contributed by atoms with Crippen molar-refractivity contribution in [3.05, 3.63) is 60.4 Å². The van der Waals surface area contributed by atoms with Gasteiger partial charge < -0.3 is 52.7 Å². The summed E-state index contributed by atoms with van der Waals surface area (Å²) in [5.41, 5.74) is 7.19. The van der Waals surface area contributed by atoms with E-state index in [1.165, 1.54) is 30.8 Å². The maximum Gasteiger partial charge on any atom is 0.404 e. The Labute approximate surface area is 380 Å². The Hall–Kier alpha value is -5.43. The van der Waals surface area contributed by atoms with E-state index in [-0.39, 0.29) is 73.3 Å². The predicted octanol–water partition coefficient (Wildman–Crippen LogP) is 7.49. The molecule has 0 aliphatic carbocycles. The Morgan fingerprint density at radius 3 is 2.35 bits per heavy atom. The van der Waals surface area contributed by atoms with Crippen LogP contribution in [0.4, 0.5) is 4.79 Å². The van der Waals surface area contributed by atoms with Crippen LogP contribution in [0.1, 0.15) is 104 Å². The zero-order chi connectivity index (χ0) is 47.8. The van der Waals surface area contributed by atoms with Gasteiger partial charge in [-0.2, -0.15) is 0 Å². The first-order valence-corrected chi connectivity index (χ1v) is 22.0. The van der Waals surface area contributed by atoms with Gasteiger partial charge in [0.15, 0.2) is 17.2 Å². The normalized spacial score (nSPS) is 25.5. The van der Waals surface area contributed by atoms with E-state index >= 15 is 0 Å². The molecule has 3 aromatic rings. The third-order valence-corrected chi connectivity index (χ3v) is 12.0. The second-order valence-corrected chi connectivity index (χ2v) is 17.2.